The summed E-state index contributed by atoms with van der Waals surface area (Å²) >= 11 is 5.82. The van der Waals surface area contributed by atoms with Crippen LogP contribution in [0.5, 0.6) is 0 Å². The Hall–Kier alpha value is -0.730. The quantitative estimate of drug-likeness (QED) is 0.772. The lowest BCUT2D eigenvalue weighted by Crippen LogP contribution is -2.47. The molecular formula is C15H21ClN2. The number of piperazine rings is 1. The first-order valence-corrected chi connectivity index (χ1v) is 7.51. The average molecular weight is 265 g/mol. The highest BCUT2D eigenvalue weighted by Gasteiger charge is 2.26. The van der Waals surface area contributed by atoms with Crippen molar-refractivity contribution < 1.29 is 0 Å². The molecule has 1 aromatic rings. The molecule has 0 unspecified atom stereocenters. The van der Waals surface area contributed by atoms with Gasteiger partial charge in [0.05, 0.1) is 0 Å². The number of benzene rings is 1. The van der Waals surface area contributed by atoms with Crippen LogP contribution in [0.25, 0.3) is 0 Å². The maximum absolute atomic E-state index is 5.82. The molecule has 0 N–H and O–H groups in total. The van der Waals surface area contributed by atoms with Crippen molar-refractivity contribution >= 4 is 17.3 Å². The maximum Gasteiger partial charge on any atom is 0.0474 e. The Bertz CT molecular complexity index is 378. The average Bonchev–Trinajstić information content (AvgIpc) is 3.24. The van der Waals surface area contributed by atoms with Gasteiger partial charge in [0, 0.05) is 44.3 Å². The standard InChI is InChI=1S/C15H21ClN2/c16-11-13-3-5-15(6-4-13)18-9-7-17(8-10-18)12-14-1-2-14/h3-6,14H,1-2,7-12H2. The van der Waals surface area contributed by atoms with Crippen LogP contribution >= 0.6 is 11.6 Å². The zero-order chi connectivity index (χ0) is 12.4. The van der Waals surface area contributed by atoms with E-state index in [2.05, 4.69) is 34.1 Å². The summed E-state index contributed by atoms with van der Waals surface area (Å²) in [5.41, 5.74) is 2.54. The van der Waals surface area contributed by atoms with Crippen molar-refractivity contribution in [3.05, 3.63) is 29.8 Å². The van der Waals surface area contributed by atoms with E-state index in [1.807, 2.05) is 0 Å². The first-order valence-electron chi connectivity index (χ1n) is 6.97. The van der Waals surface area contributed by atoms with Crippen LogP contribution in [0.15, 0.2) is 24.3 Å². The molecule has 3 rings (SSSR count). The SMILES string of the molecule is ClCc1ccc(N2CCN(CC3CC3)CC2)cc1. The number of nitrogens with zero attached hydrogens (tertiary/aromatic N) is 2. The van der Waals surface area contributed by atoms with E-state index in [0.717, 1.165) is 19.0 Å². The van der Waals surface area contributed by atoms with Crippen molar-refractivity contribution in [3.8, 4) is 0 Å². The van der Waals surface area contributed by atoms with E-state index in [9.17, 15) is 0 Å². The summed E-state index contributed by atoms with van der Waals surface area (Å²) < 4.78 is 0. The molecule has 1 aromatic carbocycles. The molecular weight excluding hydrogens is 244 g/mol. The summed E-state index contributed by atoms with van der Waals surface area (Å²) in [6, 6.07) is 8.68. The molecule has 0 bridgehead atoms. The van der Waals surface area contributed by atoms with Crippen molar-refractivity contribution in [2.75, 3.05) is 37.6 Å². The van der Waals surface area contributed by atoms with Gasteiger partial charge in [0.25, 0.3) is 0 Å². The summed E-state index contributed by atoms with van der Waals surface area (Å²) in [7, 11) is 0. The van der Waals surface area contributed by atoms with E-state index in [0.29, 0.717) is 5.88 Å². The Morgan fingerprint density at radius 2 is 1.67 bits per heavy atom. The second-order valence-electron chi connectivity index (χ2n) is 5.53. The monoisotopic (exact) mass is 264 g/mol. The zero-order valence-corrected chi connectivity index (χ0v) is 11.6. The first-order chi connectivity index (χ1) is 8.85. The minimum absolute atomic E-state index is 0.607. The van der Waals surface area contributed by atoms with Gasteiger partial charge in [0.15, 0.2) is 0 Å². The molecule has 0 aromatic heterocycles. The Balaban J connectivity index is 1.54. The van der Waals surface area contributed by atoms with E-state index in [1.165, 1.54) is 43.7 Å². The molecule has 0 amide bonds. The highest BCUT2D eigenvalue weighted by Crippen LogP contribution is 2.30. The molecule has 2 nitrogen and oxygen atoms in total. The minimum atomic E-state index is 0.607. The second-order valence-corrected chi connectivity index (χ2v) is 5.80. The molecule has 0 radical (unpaired) electrons. The third kappa shape index (κ3) is 2.99. The van der Waals surface area contributed by atoms with Crippen LogP contribution in [-0.4, -0.2) is 37.6 Å². The van der Waals surface area contributed by atoms with Gasteiger partial charge in [-0.25, -0.2) is 0 Å². The lowest BCUT2D eigenvalue weighted by molar-refractivity contribution is 0.248. The van der Waals surface area contributed by atoms with Gasteiger partial charge >= 0.3 is 0 Å². The lowest BCUT2D eigenvalue weighted by atomic mass is 10.2. The number of hydrogen-bond donors (Lipinski definition) is 0. The molecule has 0 atom stereocenters. The van der Waals surface area contributed by atoms with E-state index >= 15 is 0 Å². The van der Waals surface area contributed by atoms with Crippen molar-refractivity contribution in [1.82, 2.24) is 4.90 Å². The van der Waals surface area contributed by atoms with Gasteiger partial charge in [0.1, 0.15) is 0 Å². The van der Waals surface area contributed by atoms with Crippen LogP contribution in [0.2, 0.25) is 0 Å². The fraction of sp³-hybridized carbons (Fsp3) is 0.600. The summed E-state index contributed by atoms with van der Waals surface area (Å²) in [5, 5.41) is 0. The molecule has 3 heteroatoms. The molecule has 1 aliphatic carbocycles. The lowest BCUT2D eigenvalue weighted by Gasteiger charge is -2.36. The smallest absolute Gasteiger partial charge is 0.0474 e. The highest BCUT2D eigenvalue weighted by molar-refractivity contribution is 6.17. The second kappa shape index (κ2) is 5.50. The molecule has 2 aliphatic rings. The van der Waals surface area contributed by atoms with E-state index < -0.39 is 0 Å². The topological polar surface area (TPSA) is 6.48 Å². The fourth-order valence-corrected chi connectivity index (χ4v) is 2.83. The van der Waals surface area contributed by atoms with Crippen LogP contribution in [0.3, 0.4) is 0 Å². The number of anilines is 1. The molecule has 18 heavy (non-hydrogen) atoms. The van der Waals surface area contributed by atoms with Gasteiger partial charge in [-0.05, 0) is 36.5 Å². The molecule has 0 spiro atoms. The Kier molecular flexibility index (Phi) is 3.76. The Morgan fingerprint density at radius 3 is 2.22 bits per heavy atom. The van der Waals surface area contributed by atoms with Crippen LogP contribution < -0.4 is 4.90 Å². The highest BCUT2D eigenvalue weighted by atomic mass is 35.5. The molecule has 1 saturated heterocycles. The predicted octanol–water partition coefficient (Wildman–Crippen LogP) is 2.96. The number of alkyl halides is 1. The van der Waals surface area contributed by atoms with Crippen LogP contribution in [0, 0.1) is 5.92 Å². The maximum atomic E-state index is 5.82. The van der Waals surface area contributed by atoms with E-state index in [1.54, 1.807) is 0 Å². The number of hydrogen-bond acceptors (Lipinski definition) is 2. The van der Waals surface area contributed by atoms with Gasteiger partial charge in [-0.15, -0.1) is 11.6 Å². The minimum Gasteiger partial charge on any atom is -0.369 e. The van der Waals surface area contributed by atoms with E-state index in [4.69, 9.17) is 11.6 Å². The van der Waals surface area contributed by atoms with Gasteiger partial charge < -0.3 is 4.90 Å². The van der Waals surface area contributed by atoms with E-state index in [-0.39, 0.29) is 0 Å². The molecule has 1 aliphatic heterocycles. The molecule has 1 saturated carbocycles. The first kappa shape index (κ1) is 12.3. The largest absolute Gasteiger partial charge is 0.369 e. The predicted molar refractivity (Wildman–Crippen MR) is 77.4 cm³/mol. The van der Waals surface area contributed by atoms with Crippen LogP contribution in [0.1, 0.15) is 18.4 Å². The third-order valence-corrected chi connectivity index (χ3v) is 4.35. The van der Waals surface area contributed by atoms with Crippen molar-refractivity contribution in [2.24, 2.45) is 5.92 Å². The summed E-state index contributed by atoms with van der Waals surface area (Å²) in [6.07, 6.45) is 2.92. The van der Waals surface area contributed by atoms with Gasteiger partial charge in [-0.2, -0.15) is 0 Å². The summed E-state index contributed by atoms with van der Waals surface area (Å²) in [5.74, 6) is 1.62. The summed E-state index contributed by atoms with van der Waals surface area (Å²) in [6.45, 7) is 6.08. The molecule has 2 fully saturated rings. The van der Waals surface area contributed by atoms with Gasteiger partial charge in [-0.3, -0.25) is 4.90 Å². The summed E-state index contributed by atoms with van der Waals surface area (Å²) in [4.78, 5) is 5.11. The van der Waals surface area contributed by atoms with Gasteiger partial charge in [0.2, 0.25) is 0 Å². The normalized spacial score (nSPS) is 21.3. The zero-order valence-electron chi connectivity index (χ0n) is 10.8. The van der Waals surface area contributed by atoms with Gasteiger partial charge in [-0.1, -0.05) is 12.1 Å². The third-order valence-electron chi connectivity index (χ3n) is 4.04. The molecule has 1 heterocycles. The number of rotatable bonds is 4. The van der Waals surface area contributed by atoms with Crippen LogP contribution in [0.4, 0.5) is 5.69 Å². The fourth-order valence-electron chi connectivity index (χ4n) is 2.65. The molecule has 98 valence electrons. The van der Waals surface area contributed by atoms with Crippen molar-refractivity contribution in [1.29, 1.82) is 0 Å². The Labute approximate surface area is 115 Å². The van der Waals surface area contributed by atoms with Crippen molar-refractivity contribution in [3.63, 3.8) is 0 Å². The Morgan fingerprint density at radius 1 is 1.00 bits per heavy atom. The van der Waals surface area contributed by atoms with Crippen molar-refractivity contribution in [2.45, 2.75) is 18.7 Å². The number of halogens is 1. The van der Waals surface area contributed by atoms with Crippen LogP contribution in [-0.2, 0) is 5.88 Å².